The van der Waals surface area contributed by atoms with Gasteiger partial charge in [0.15, 0.2) is 18.5 Å². The highest BCUT2D eigenvalue weighted by atomic mass is 16.7. The van der Waals surface area contributed by atoms with Crippen LogP contribution in [-0.4, -0.2) is 132 Å². The molecule has 9 N–H and O–H groups in total. The number of ether oxygens (including phenoxy) is 4. The first kappa shape index (κ1) is 32.5. The predicted octanol–water partition coefficient (Wildman–Crippen LogP) is -1.94. The second-order valence-electron chi connectivity index (χ2n) is 13.3. The molecule has 45 heavy (non-hydrogen) atoms. The summed E-state index contributed by atoms with van der Waals surface area (Å²) in [6.07, 6.45) is -15.8. The number of aliphatic carboxylic acids is 2. The first-order valence-corrected chi connectivity index (χ1v) is 15.2. The fourth-order valence-electron chi connectivity index (χ4n) is 8.35. The number of carboxylic acids is 2. The van der Waals surface area contributed by atoms with Crippen LogP contribution in [0.2, 0.25) is 0 Å². The van der Waals surface area contributed by atoms with Gasteiger partial charge < -0.3 is 64.9 Å². The summed E-state index contributed by atoms with van der Waals surface area (Å²) in [4.78, 5) is 23.0. The van der Waals surface area contributed by atoms with Gasteiger partial charge in [-0.25, -0.2) is 9.59 Å². The van der Waals surface area contributed by atoms with Crippen molar-refractivity contribution in [2.24, 2.45) is 17.3 Å². The van der Waals surface area contributed by atoms with Gasteiger partial charge >= 0.3 is 11.9 Å². The van der Waals surface area contributed by atoms with Gasteiger partial charge in [0.2, 0.25) is 6.29 Å². The first-order valence-electron chi connectivity index (χ1n) is 15.2. The van der Waals surface area contributed by atoms with Gasteiger partial charge in [0.25, 0.3) is 0 Å². The highest BCUT2D eigenvalue weighted by Crippen LogP contribution is 2.61. The lowest BCUT2D eigenvalue weighted by molar-refractivity contribution is -0.309. The standard InChI is InChI=1S/C30H40O15/c1-30-7-6-13-12-5-3-11(42-28-21(35)17(31)19(33)23(44-28)26(38)39)8-10(12)2-4-14(13)15(30)9-16(25(30)37)43-29-22(36)18(32)20(34)24(45-29)27(40)41/h3,5,8,13-25,28-29,31-37H,2,4,6-7,9H2,1H3,(H,38,39)(H,40,41). The minimum absolute atomic E-state index is 0.0125. The van der Waals surface area contributed by atoms with Crippen molar-refractivity contribution in [3.05, 3.63) is 29.3 Å². The fourth-order valence-corrected chi connectivity index (χ4v) is 8.35. The van der Waals surface area contributed by atoms with Crippen LogP contribution in [0.1, 0.15) is 49.7 Å². The van der Waals surface area contributed by atoms with Crippen LogP contribution in [0.15, 0.2) is 18.2 Å². The minimum Gasteiger partial charge on any atom is -0.479 e. The van der Waals surface area contributed by atoms with E-state index in [-0.39, 0.29) is 17.8 Å². The zero-order valence-corrected chi connectivity index (χ0v) is 24.4. The lowest BCUT2D eigenvalue weighted by Gasteiger charge is -2.50. The van der Waals surface area contributed by atoms with Crippen molar-refractivity contribution >= 4 is 11.9 Å². The van der Waals surface area contributed by atoms with Crippen LogP contribution in [0.3, 0.4) is 0 Å². The summed E-state index contributed by atoms with van der Waals surface area (Å²) in [5.74, 6) is -2.41. The zero-order chi connectivity index (χ0) is 32.5. The van der Waals surface area contributed by atoms with Crippen LogP contribution in [0, 0.1) is 17.3 Å². The number of aliphatic hydroxyl groups excluding tert-OH is 7. The van der Waals surface area contributed by atoms with Gasteiger partial charge in [0, 0.05) is 0 Å². The van der Waals surface area contributed by atoms with Crippen LogP contribution < -0.4 is 4.74 Å². The summed E-state index contributed by atoms with van der Waals surface area (Å²) in [5.41, 5.74) is 1.56. The average molecular weight is 641 g/mol. The number of fused-ring (bicyclic) bond motifs is 5. The van der Waals surface area contributed by atoms with E-state index in [1.165, 1.54) is 0 Å². The summed E-state index contributed by atoms with van der Waals surface area (Å²) < 4.78 is 22.2. The molecule has 16 atom stereocenters. The molecule has 2 aliphatic heterocycles. The van der Waals surface area contributed by atoms with Crippen molar-refractivity contribution in [2.45, 2.75) is 119 Å². The molecule has 4 fully saturated rings. The highest BCUT2D eigenvalue weighted by molar-refractivity contribution is 5.73. The first-order chi connectivity index (χ1) is 21.2. The molecule has 2 saturated carbocycles. The van der Waals surface area contributed by atoms with E-state index in [0.717, 1.165) is 24.0 Å². The van der Waals surface area contributed by atoms with Gasteiger partial charge in [0.1, 0.15) is 42.4 Å². The molecule has 5 aliphatic rings. The van der Waals surface area contributed by atoms with Gasteiger partial charge in [-0.05, 0) is 78.5 Å². The number of hydrogen-bond acceptors (Lipinski definition) is 13. The summed E-state index contributed by atoms with van der Waals surface area (Å²) in [5, 5.41) is 91.2. The Balaban J connectivity index is 1.16. The Kier molecular flexibility index (Phi) is 8.65. The lowest BCUT2D eigenvalue weighted by Crippen LogP contribution is -2.61. The summed E-state index contributed by atoms with van der Waals surface area (Å²) >= 11 is 0. The Morgan fingerprint density at radius 1 is 0.822 bits per heavy atom. The monoisotopic (exact) mass is 640 g/mol. The third-order valence-electron chi connectivity index (χ3n) is 10.8. The quantitative estimate of drug-likeness (QED) is 0.164. The van der Waals surface area contributed by atoms with E-state index < -0.39 is 91.0 Å². The maximum absolute atomic E-state index is 11.5. The Morgan fingerprint density at radius 2 is 1.42 bits per heavy atom. The SMILES string of the molecule is CC12CCC3c4ccc(OC5OC(C(=O)O)C(O)C(O)C5O)cc4CCC3C1CC(OC1OC(C(=O)O)C(O)C(O)C1O)C2O. The number of hydrogen-bond donors (Lipinski definition) is 9. The molecule has 16 unspecified atom stereocenters. The maximum Gasteiger partial charge on any atom is 0.335 e. The molecule has 1 aromatic carbocycles. The normalized spacial score (nSPS) is 47.7. The largest absolute Gasteiger partial charge is 0.479 e. The minimum atomic E-state index is -1.85. The van der Waals surface area contributed by atoms with E-state index in [9.17, 15) is 55.5 Å². The Hall–Kier alpha value is -2.44. The molecule has 250 valence electrons. The Labute approximate surface area is 257 Å². The Bertz CT molecular complexity index is 1290. The lowest BCUT2D eigenvalue weighted by atomic mass is 9.55. The summed E-state index contributed by atoms with van der Waals surface area (Å²) in [6, 6.07) is 5.37. The van der Waals surface area contributed by atoms with Crippen LogP contribution in [-0.2, 0) is 30.2 Å². The van der Waals surface area contributed by atoms with Gasteiger partial charge in [-0.1, -0.05) is 13.0 Å². The van der Waals surface area contributed by atoms with E-state index in [1.807, 2.05) is 13.0 Å². The van der Waals surface area contributed by atoms with Crippen molar-refractivity contribution in [1.29, 1.82) is 0 Å². The molecule has 0 radical (unpaired) electrons. The molecule has 15 nitrogen and oxygen atoms in total. The van der Waals surface area contributed by atoms with Crippen LogP contribution in [0.5, 0.6) is 5.75 Å². The van der Waals surface area contributed by atoms with Crippen LogP contribution in [0.4, 0.5) is 0 Å². The molecule has 3 aliphatic carbocycles. The molecule has 15 heteroatoms. The van der Waals surface area contributed by atoms with Crippen molar-refractivity contribution in [3.8, 4) is 5.75 Å². The van der Waals surface area contributed by atoms with E-state index in [1.54, 1.807) is 12.1 Å². The Morgan fingerprint density at radius 3 is 2.04 bits per heavy atom. The molecule has 6 rings (SSSR count). The highest BCUT2D eigenvalue weighted by Gasteiger charge is 2.60. The third-order valence-corrected chi connectivity index (χ3v) is 10.8. The third kappa shape index (κ3) is 5.42. The van der Waals surface area contributed by atoms with E-state index in [2.05, 4.69) is 0 Å². The molecule has 0 bridgehead atoms. The summed E-state index contributed by atoms with van der Waals surface area (Å²) in [7, 11) is 0. The number of aryl methyl sites for hydroxylation is 1. The van der Waals surface area contributed by atoms with Crippen LogP contribution >= 0.6 is 0 Å². The fraction of sp³-hybridized carbons (Fsp3) is 0.733. The molecule has 0 spiro atoms. The van der Waals surface area contributed by atoms with Crippen molar-refractivity contribution < 1.29 is 74.5 Å². The molecular formula is C30H40O15. The maximum atomic E-state index is 11.5. The second kappa shape index (κ2) is 12.0. The zero-order valence-electron chi connectivity index (χ0n) is 24.4. The predicted molar refractivity (Wildman–Crippen MR) is 147 cm³/mol. The second-order valence-corrected chi connectivity index (χ2v) is 13.3. The van der Waals surface area contributed by atoms with Gasteiger partial charge in [-0.2, -0.15) is 0 Å². The van der Waals surface area contributed by atoms with E-state index >= 15 is 0 Å². The molecule has 1 aromatic rings. The van der Waals surface area contributed by atoms with Gasteiger partial charge in [-0.15, -0.1) is 0 Å². The van der Waals surface area contributed by atoms with Gasteiger partial charge in [-0.3, -0.25) is 0 Å². The average Bonchev–Trinajstić information content (AvgIpc) is 3.26. The number of benzene rings is 1. The van der Waals surface area contributed by atoms with E-state index in [4.69, 9.17) is 18.9 Å². The molecule has 0 amide bonds. The smallest absolute Gasteiger partial charge is 0.335 e. The number of rotatable bonds is 6. The molecule has 2 saturated heterocycles. The van der Waals surface area contributed by atoms with Crippen molar-refractivity contribution in [2.75, 3.05) is 0 Å². The molecule has 0 aromatic heterocycles. The topological polar surface area (TPSA) is 253 Å². The van der Waals surface area contributed by atoms with Gasteiger partial charge in [0.05, 0.1) is 12.2 Å². The number of aliphatic hydroxyl groups is 7. The van der Waals surface area contributed by atoms with Crippen molar-refractivity contribution in [1.82, 2.24) is 0 Å². The van der Waals surface area contributed by atoms with Crippen LogP contribution in [0.25, 0.3) is 0 Å². The number of carboxylic acid groups (broad SMARTS) is 2. The molecular weight excluding hydrogens is 600 g/mol. The van der Waals surface area contributed by atoms with E-state index in [0.29, 0.717) is 25.0 Å². The van der Waals surface area contributed by atoms with Crippen molar-refractivity contribution in [3.63, 3.8) is 0 Å². The summed E-state index contributed by atoms with van der Waals surface area (Å²) in [6.45, 7) is 2.00. The number of carbonyl (C=O) groups is 2. The molecule has 2 heterocycles.